The zero-order chi connectivity index (χ0) is 30.1. The first-order valence-electron chi connectivity index (χ1n) is 13.5. The van der Waals surface area contributed by atoms with Crippen LogP contribution in [0, 0.1) is 0 Å². The molecule has 0 saturated carbocycles. The third kappa shape index (κ3) is 7.40. The Morgan fingerprint density at radius 1 is 1.10 bits per heavy atom. The number of benzene rings is 2. The Balaban J connectivity index is 1.45. The second-order valence-corrected chi connectivity index (χ2v) is 9.38. The van der Waals surface area contributed by atoms with Gasteiger partial charge in [-0.2, -0.15) is 0 Å². The van der Waals surface area contributed by atoms with Gasteiger partial charge in [0.05, 0.1) is 31.2 Å². The number of esters is 1. The molecule has 0 aliphatic carbocycles. The first kappa shape index (κ1) is 30.0. The lowest BCUT2D eigenvalue weighted by Gasteiger charge is -2.21. The van der Waals surface area contributed by atoms with Crippen LogP contribution in [0.5, 0.6) is 5.75 Å². The van der Waals surface area contributed by atoms with Gasteiger partial charge in [-0.05, 0) is 54.4 Å². The maximum atomic E-state index is 13.5. The molecule has 2 aromatic heterocycles. The minimum Gasteiger partial charge on any atom is -0.486 e. The Morgan fingerprint density at radius 3 is 2.57 bits per heavy atom. The van der Waals surface area contributed by atoms with E-state index in [2.05, 4.69) is 15.3 Å². The van der Waals surface area contributed by atoms with E-state index in [9.17, 15) is 14.4 Å². The molecule has 1 atom stereocenters. The molecule has 0 saturated heterocycles. The van der Waals surface area contributed by atoms with Crippen LogP contribution in [-0.4, -0.2) is 52.8 Å². The average Bonchev–Trinajstić information content (AvgIpc) is 3.33. The second-order valence-electron chi connectivity index (χ2n) is 9.38. The Morgan fingerprint density at radius 2 is 1.88 bits per heavy atom. The summed E-state index contributed by atoms with van der Waals surface area (Å²) in [7, 11) is 3.18. The van der Waals surface area contributed by atoms with Gasteiger partial charge in [-0.3, -0.25) is 14.5 Å². The van der Waals surface area contributed by atoms with Crippen LogP contribution in [0.3, 0.4) is 0 Å². The quantitative estimate of drug-likeness (QED) is 0.190. The Kier molecular flexibility index (Phi) is 10.1. The monoisotopic (exact) mass is 574 g/mol. The number of fused-ring (bicyclic) bond motifs is 1. The number of ether oxygens (including phenoxy) is 3. The highest BCUT2D eigenvalue weighted by atomic mass is 16.5. The number of aryl methyl sites for hydroxylation is 1. The molecule has 0 bridgehead atoms. The van der Waals surface area contributed by atoms with E-state index in [0.717, 1.165) is 11.9 Å². The van der Waals surface area contributed by atoms with Gasteiger partial charge in [-0.15, -0.1) is 0 Å². The summed E-state index contributed by atoms with van der Waals surface area (Å²) in [4.78, 5) is 47.5. The van der Waals surface area contributed by atoms with Crippen LogP contribution >= 0.6 is 0 Å². The van der Waals surface area contributed by atoms with Gasteiger partial charge in [0, 0.05) is 25.4 Å². The molecule has 2 amide bonds. The first-order valence-corrected chi connectivity index (χ1v) is 13.5. The Hall–Kier alpha value is -4.97. The van der Waals surface area contributed by atoms with Gasteiger partial charge in [0.2, 0.25) is 0 Å². The number of aromatic nitrogens is 3. The van der Waals surface area contributed by atoms with Gasteiger partial charge in [-0.25, -0.2) is 14.8 Å². The van der Waals surface area contributed by atoms with Gasteiger partial charge in [0.25, 0.3) is 5.91 Å². The average molecular weight is 575 g/mol. The zero-order valence-electron chi connectivity index (χ0n) is 23.8. The fourth-order valence-corrected chi connectivity index (χ4v) is 4.17. The lowest BCUT2D eigenvalue weighted by molar-refractivity contribution is -0.140. The van der Waals surface area contributed by atoms with Crippen LogP contribution in [0.1, 0.15) is 47.7 Å². The number of methoxy groups -OCH3 is 1. The third-order valence-corrected chi connectivity index (χ3v) is 6.48. The number of rotatable bonds is 12. The number of hydrogen-bond donors (Lipinski definition) is 2. The summed E-state index contributed by atoms with van der Waals surface area (Å²) in [6, 6.07) is 17.5. The third-order valence-electron chi connectivity index (χ3n) is 6.48. The van der Waals surface area contributed by atoms with E-state index in [0.29, 0.717) is 40.6 Å². The molecule has 0 fully saturated rings. The van der Waals surface area contributed by atoms with E-state index < -0.39 is 18.2 Å². The molecule has 2 aromatic carbocycles. The number of hydrogen-bond acceptors (Lipinski definition) is 9. The maximum absolute atomic E-state index is 13.5. The zero-order valence-corrected chi connectivity index (χ0v) is 23.8. The van der Waals surface area contributed by atoms with Crippen molar-refractivity contribution in [2.24, 2.45) is 12.8 Å². The minimum atomic E-state index is -0.714. The van der Waals surface area contributed by atoms with Crippen LogP contribution in [0.4, 0.5) is 10.6 Å². The predicted octanol–water partition coefficient (Wildman–Crippen LogP) is 3.85. The number of pyridine rings is 1. The molecule has 4 rings (SSSR count). The molecule has 4 aromatic rings. The van der Waals surface area contributed by atoms with Crippen molar-refractivity contribution in [3.8, 4) is 5.75 Å². The number of nitrogens with one attached hydrogen (secondary N) is 1. The van der Waals surface area contributed by atoms with Gasteiger partial charge in [0.1, 0.15) is 30.2 Å². The molecule has 0 aliphatic rings. The molecule has 3 N–H and O–H groups in total. The van der Waals surface area contributed by atoms with Crippen LogP contribution in [0.25, 0.3) is 11.0 Å². The standard InChI is InChI=1S/C30H34N6O6/c1-4-17-41-30(39)34-28(31)20-8-11-22(12-9-20)42-19-26-33-23-18-21(10-13-24(23)35(26)2)29(38)36(16-14-27(37)40-3)25-7-5-6-15-32-25/h5-13,15,18,28H,4,14,16-17,19,31H2,1-3H3,(H,34,39). The molecular weight excluding hydrogens is 540 g/mol. The number of nitrogens with zero attached hydrogens (tertiary/aromatic N) is 4. The highest BCUT2D eigenvalue weighted by Crippen LogP contribution is 2.22. The molecule has 12 heteroatoms. The van der Waals surface area contributed by atoms with E-state index in [1.807, 2.05) is 24.6 Å². The molecule has 0 aliphatic heterocycles. The summed E-state index contributed by atoms with van der Waals surface area (Å²) in [5.74, 6) is 0.951. The fraction of sp³-hybridized carbons (Fsp3) is 0.300. The molecule has 220 valence electrons. The summed E-state index contributed by atoms with van der Waals surface area (Å²) >= 11 is 0. The van der Waals surface area contributed by atoms with Gasteiger partial charge >= 0.3 is 12.1 Å². The van der Waals surface area contributed by atoms with Crippen LogP contribution in [0.2, 0.25) is 0 Å². The Bertz CT molecular complexity index is 1520. The largest absolute Gasteiger partial charge is 0.486 e. The van der Waals surface area contributed by atoms with Crippen molar-refractivity contribution in [2.45, 2.75) is 32.5 Å². The second kappa shape index (κ2) is 14.1. The van der Waals surface area contributed by atoms with Crippen molar-refractivity contribution in [3.63, 3.8) is 0 Å². The van der Waals surface area contributed by atoms with Crippen molar-refractivity contribution in [1.82, 2.24) is 19.9 Å². The number of alkyl carbamates (subject to hydrolysis) is 1. The van der Waals surface area contributed by atoms with Crippen LogP contribution in [-0.2, 0) is 27.9 Å². The molecule has 42 heavy (non-hydrogen) atoms. The topological polar surface area (TPSA) is 151 Å². The van der Waals surface area contributed by atoms with E-state index in [-0.39, 0.29) is 25.5 Å². The first-order chi connectivity index (χ1) is 20.3. The maximum Gasteiger partial charge on any atom is 0.408 e. The number of anilines is 1. The lowest BCUT2D eigenvalue weighted by atomic mass is 10.1. The normalized spacial score (nSPS) is 11.5. The van der Waals surface area contributed by atoms with E-state index in [1.165, 1.54) is 12.0 Å². The summed E-state index contributed by atoms with van der Waals surface area (Å²) in [6.45, 7) is 2.53. The fourth-order valence-electron chi connectivity index (χ4n) is 4.17. The van der Waals surface area contributed by atoms with Crippen molar-refractivity contribution < 1.29 is 28.6 Å². The number of amides is 2. The highest BCUT2D eigenvalue weighted by molar-refractivity contribution is 6.07. The van der Waals surface area contributed by atoms with Crippen molar-refractivity contribution >= 4 is 34.8 Å². The molecule has 2 heterocycles. The van der Waals surface area contributed by atoms with E-state index in [1.54, 1.807) is 60.8 Å². The van der Waals surface area contributed by atoms with Crippen LogP contribution < -0.4 is 20.7 Å². The molecule has 12 nitrogen and oxygen atoms in total. The number of imidazole rings is 1. The van der Waals surface area contributed by atoms with Crippen molar-refractivity contribution in [2.75, 3.05) is 25.2 Å². The van der Waals surface area contributed by atoms with Crippen molar-refractivity contribution in [1.29, 1.82) is 0 Å². The van der Waals surface area contributed by atoms with Crippen LogP contribution in [0.15, 0.2) is 66.9 Å². The molecular formula is C30H34N6O6. The summed E-state index contributed by atoms with van der Waals surface area (Å²) in [5.41, 5.74) is 8.60. The molecule has 1 unspecified atom stereocenters. The Labute approximate surface area is 243 Å². The van der Waals surface area contributed by atoms with E-state index >= 15 is 0 Å². The van der Waals surface area contributed by atoms with E-state index in [4.69, 9.17) is 19.9 Å². The number of carbonyl (C=O) groups excluding carboxylic acids is 3. The number of carbonyl (C=O) groups is 3. The summed E-state index contributed by atoms with van der Waals surface area (Å²) < 4.78 is 17.6. The molecule has 0 spiro atoms. The number of nitrogens with two attached hydrogens (primary N) is 1. The minimum absolute atomic E-state index is 0.0288. The van der Waals surface area contributed by atoms with Gasteiger partial charge in [-0.1, -0.05) is 25.1 Å². The van der Waals surface area contributed by atoms with Crippen molar-refractivity contribution in [3.05, 3.63) is 83.8 Å². The van der Waals surface area contributed by atoms with Gasteiger partial charge < -0.3 is 29.8 Å². The lowest BCUT2D eigenvalue weighted by Crippen LogP contribution is -2.34. The van der Waals surface area contributed by atoms with Gasteiger partial charge in [0.15, 0.2) is 0 Å². The SMILES string of the molecule is CCCOC(=O)NC(N)c1ccc(OCc2nc3cc(C(=O)N(CCC(=O)OC)c4ccccn4)ccc3n2C)cc1. The highest BCUT2D eigenvalue weighted by Gasteiger charge is 2.21. The smallest absolute Gasteiger partial charge is 0.408 e. The predicted molar refractivity (Wildman–Crippen MR) is 156 cm³/mol. The summed E-state index contributed by atoms with van der Waals surface area (Å²) in [5, 5.41) is 2.59. The summed E-state index contributed by atoms with van der Waals surface area (Å²) in [6.07, 6.45) is 1.06. The molecule has 0 radical (unpaired) electrons.